The van der Waals surface area contributed by atoms with E-state index in [1.54, 1.807) is 6.08 Å². The van der Waals surface area contributed by atoms with Crippen molar-refractivity contribution in [3.63, 3.8) is 0 Å². The topological polar surface area (TPSA) is 69.2 Å². The summed E-state index contributed by atoms with van der Waals surface area (Å²) >= 11 is 0. The fourth-order valence-electron chi connectivity index (χ4n) is 1.04. The molecule has 17 heavy (non-hydrogen) atoms. The first kappa shape index (κ1) is 13.2. The second kappa shape index (κ2) is 7.43. The predicted molar refractivity (Wildman–Crippen MR) is 65.5 cm³/mol. The largest absolute Gasteiger partial charge is 0.467 e. The van der Waals surface area contributed by atoms with Gasteiger partial charge in [0, 0.05) is 6.54 Å². The Kier molecular flexibility index (Phi) is 5.77. The normalized spacial score (nSPS) is 9.76. The highest BCUT2D eigenvalue weighted by atomic mass is 16.5. The van der Waals surface area contributed by atoms with Crippen LogP contribution in [0.15, 0.2) is 12.7 Å². The van der Waals surface area contributed by atoms with E-state index in [9.17, 15) is 0 Å². The van der Waals surface area contributed by atoms with Crippen molar-refractivity contribution in [2.24, 2.45) is 0 Å². The Bertz CT molecular complexity index is 357. The predicted octanol–water partition coefficient (Wildman–Crippen LogP) is 1.66. The maximum absolute atomic E-state index is 5.36. The van der Waals surface area contributed by atoms with Gasteiger partial charge >= 0.3 is 12.0 Å². The maximum Gasteiger partial charge on any atom is 0.324 e. The summed E-state index contributed by atoms with van der Waals surface area (Å²) in [6, 6.07) is 0.504. The summed E-state index contributed by atoms with van der Waals surface area (Å²) in [6.45, 7) is 6.96. The van der Waals surface area contributed by atoms with Gasteiger partial charge in [0.15, 0.2) is 0 Å². The van der Waals surface area contributed by atoms with E-state index in [1.165, 1.54) is 7.11 Å². The van der Waals surface area contributed by atoms with Gasteiger partial charge in [0.2, 0.25) is 5.95 Å². The lowest BCUT2D eigenvalue weighted by Gasteiger charge is -2.07. The first-order valence-corrected chi connectivity index (χ1v) is 5.57. The standard InChI is InChI=1S/C11H18N4O2/c1-4-6-8-17-11-14-9(12-7-5-2)13-10(15-11)16-3/h4H,1,5-8H2,2-3H3,(H,12,13,14,15). The number of hydrogen-bond acceptors (Lipinski definition) is 6. The van der Waals surface area contributed by atoms with Gasteiger partial charge in [-0.05, 0) is 12.8 Å². The van der Waals surface area contributed by atoms with Crippen LogP contribution >= 0.6 is 0 Å². The number of methoxy groups -OCH3 is 1. The summed E-state index contributed by atoms with van der Waals surface area (Å²) in [6.07, 6.45) is 3.50. The van der Waals surface area contributed by atoms with Crippen molar-refractivity contribution >= 4 is 5.95 Å². The molecule has 94 valence electrons. The highest BCUT2D eigenvalue weighted by Gasteiger charge is 2.06. The molecule has 0 aromatic carbocycles. The summed E-state index contributed by atoms with van der Waals surface area (Å²) in [5, 5.41) is 3.06. The van der Waals surface area contributed by atoms with Crippen LogP contribution in [0.25, 0.3) is 0 Å². The molecule has 0 atom stereocenters. The summed E-state index contributed by atoms with van der Waals surface area (Å²) in [4.78, 5) is 12.2. The Hall–Kier alpha value is -1.85. The van der Waals surface area contributed by atoms with Gasteiger partial charge in [-0.2, -0.15) is 9.97 Å². The molecule has 0 fully saturated rings. The first-order chi connectivity index (χ1) is 8.30. The fraction of sp³-hybridized carbons (Fsp3) is 0.545. The van der Waals surface area contributed by atoms with Crippen molar-refractivity contribution in [3.8, 4) is 12.0 Å². The van der Waals surface area contributed by atoms with Crippen LogP contribution < -0.4 is 14.8 Å². The molecule has 1 rings (SSSR count). The molecule has 0 saturated carbocycles. The van der Waals surface area contributed by atoms with Crippen molar-refractivity contribution in [2.45, 2.75) is 19.8 Å². The van der Waals surface area contributed by atoms with Crippen molar-refractivity contribution < 1.29 is 9.47 Å². The average Bonchev–Trinajstić information content (AvgIpc) is 2.36. The van der Waals surface area contributed by atoms with E-state index in [-0.39, 0.29) is 12.0 Å². The Morgan fingerprint density at radius 1 is 1.29 bits per heavy atom. The van der Waals surface area contributed by atoms with E-state index in [4.69, 9.17) is 9.47 Å². The number of nitrogens with zero attached hydrogens (tertiary/aromatic N) is 3. The third-order valence-corrected chi connectivity index (χ3v) is 1.86. The van der Waals surface area contributed by atoms with E-state index in [1.807, 2.05) is 0 Å². The number of hydrogen-bond donors (Lipinski definition) is 1. The molecule has 0 unspecified atom stereocenters. The number of ether oxygens (including phenoxy) is 2. The molecule has 0 aliphatic carbocycles. The van der Waals surface area contributed by atoms with Crippen LogP contribution in [0.4, 0.5) is 5.95 Å². The third kappa shape index (κ3) is 4.67. The molecule has 0 bridgehead atoms. The summed E-state index contributed by atoms with van der Waals surface area (Å²) in [5.74, 6) is 0.465. The van der Waals surface area contributed by atoms with Crippen LogP contribution in [-0.4, -0.2) is 35.2 Å². The average molecular weight is 238 g/mol. The molecule has 1 aromatic heterocycles. The zero-order valence-corrected chi connectivity index (χ0v) is 10.3. The van der Waals surface area contributed by atoms with E-state index < -0.39 is 0 Å². The van der Waals surface area contributed by atoms with Gasteiger partial charge in [0.25, 0.3) is 0 Å². The number of aromatic nitrogens is 3. The van der Waals surface area contributed by atoms with E-state index in [2.05, 4.69) is 33.8 Å². The minimum Gasteiger partial charge on any atom is -0.467 e. The van der Waals surface area contributed by atoms with Crippen molar-refractivity contribution in [3.05, 3.63) is 12.7 Å². The van der Waals surface area contributed by atoms with Crippen LogP contribution in [0.2, 0.25) is 0 Å². The summed E-state index contributed by atoms with van der Waals surface area (Å²) in [7, 11) is 1.51. The molecule has 0 radical (unpaired) electrons. The van der Waals surface area contributed by atoms with Crippen molar-refractivity contribution in [1.82, 2.24) is 15.0 Å². The van der Waals surface area contributed by atoms with E-state index >= 15 is 0 Å². The zero-order valence-electron chi connectivity index (χ0n) is 10.3. The quantitative estimate of drug-likeness (QED) is 0.548. The fourth-order valence-corrected chi connectivity index (χ4v) is 1.04. The second-order valence-electron chi connectivity index (χ2n) is 3.28. The maximum atomic E-state index is 5.36. The molecule has 0 spiro atoms. The van der Waals surface area contributed by atoms with E-state index in [0.717, 1.165) is 19.4 Å². The third-order valence-electron chi connectivity index (χ3n) is 1.86. The molecule has 1 N–H and O–H groups in total. The molecule has 1 heterocycles. The van der Waals surface area contributed by atoms with Gasteiger partial charge in [-0.15, -0.1) is 11.6 Å². The molecular formula is C11H18N4O2. The smallest absolute Gasteiger partial charge is 0.324 e. The van der Waals surface area contributed by atoms with Gasteiger partial charge < -0.3 is 14.8 Å². The summed E-state index contributed by atoms with van der Waals surface area (Å²) in [5.41, 5.74) is 0. The summed E-state index contributed by atoms with van der Waals surface area (Å²) < 4.78 is 10.3. The minimum atomic E-state index is 0.243. The van der Waals surface area contributed by atoms with E-state index in [0.29, 0.717) is 12.6 Å². The van der Waals surface area contributed by atoms with Gasteiger partial charge in [-0.25, -0.2) is 0 Å². The number of rotatable bonds is 8. The molecule has 6 heteroatoms. The van der Waals surface area contributed by atoms with Crippen LogP contribution in [0.3, 0.4) is 0 Å². The van der Waals surface area contributed by atoms with Crippen LogP contribution in [-0.2, 0) is 0 Å². The molecule has 0 aliphatic rings. The lowest BCUT2D eigenvalue weighted by Crippen LogP contribution is -2.09. The molecule has 6 nitrogen and oxygen atoms in total. The number of anilines is 1. The van der Waals surface area contributed by atoms with Gasteiger partial charge in [0.05, 0.1) is 13.7 Å². The van der Waals surface area contributed by atoms with Crippen LogP contribution in [0.5, 0.6) is 12.0 Å². The molecule has 0 aliphatic heterocycles. The highest BCUT2D eigenvalue weighted by molar-refractivity contribution is 5.27. The Labute approximate surface area is 101 Å². The van der Waals surface area contributed by atoms with Crippen molar-refractivity contribution in [1.29, 1.82) is 0 Å². The lowest BCUT2D eigenvalue weighted by atomic mass is 10.5. The number of nitrogens with one attached hydrogen (secondary N) is 1. The Morgan fingerprint density at radius 3 is 2.71 bits per heavy atom. The van der Waals surface area contributed by atoms with Gasteiger partial charge in [-0.3, -0.25) is 0 Å². The zero-order chi connectivity index (χ0) is 12.5. The highest BCUT2D eigenvalue weighted by Crippen LogP contribution is 2.12. The monoisotopic (exact) mass is 238 g/mol. The van der Waals surface area contributed by atoms with Crippen LogP contribution in [0.1, 0.15) is 19.8 Å². The molecule has 0 saturated heterocycles. The van der Waals surface area contributed by atoms with Crippen LogP contribution in [0, 0.1) is 0 Å². The molecular weight excluding hydrogens is 220 g/mol. The van der Waals surface area contributed by atoms with Gasteiger partial charge in [0.1, 0.15) is 0 Å². The minimum absolute atomic E-state index is 0.243. The Morgan fingerprint density at radius 2 is 2.06 bits per heavy atom. The first-order valence-electron chi connectivity index (χ1n) is 5.57. The molecule has 1 aromatic rings. The Balaban J connectivity index is 2.70. The second-order valence-corrected chi connectivity index (χ2v) is 3.28. The SMILES string of the molecule is C=CCCOc1nc(NCCC)nc(OC)n1. The van der Waals surface area contributed by atoms with Crippen molar-refractivity contribution in [2.75, 3.05) is 25.6 Å². The molecule has 0 amide bonds. The van der Waals surface area contributed by atoms with Gasteiger partial charge in [-0.1, -0.05) is 13.0 Å². The lowest BCUT2D eigenvalue weighted by molar-refractivity contribution is 0.287.